The number of ketones is 2. The second kappa shape index (κ2) is 7.63. The molecule has 0 radical (unpaired) electrons. The second-order valence-electron chi connectivity index (χ2n) is 9.14. The standard InChI is InChI=1S/C28H23N3O4/c1-16(32)25-24(26(33)18-6-5-13-29-15-18)28(20-7-3-4-8-21(20)30-27(28)34)23-12-9-17-14-19(35-2)10-11-22(17)31(23)25/h3-15,23-25H,1-2H3,(H,30,34)/t23-,24-,25-,28-/m0/s1. The molecule has 1 amide bonds. The summed E-state index contributed by atoms with van der Waals surface area (Å²) in [5.41, 5.74) is 2.14. The van der Waals surface area contributed by atoms with Crippen LogP contribution in [0, 0.1) is 5.92 Å². The van der Waals surface area contributed by atoms with Crippen LogP contribution in [0.5, 0.6) is 5.75 Å². The number of hydrogen-bond donors (Lipinski definition) is 1. The van der Waals surface area contributed by atoms with Crippen molar-refractivity contribution in [2.24, 2.45) is 5.92 Å². The van der Waals surface area contributed by atoms with E-state index in [0.717, 1.165) is 16.8 Å². The fourth-order valence-electron chi connectivity index (χ4n) is 6.13. The number of carbonyl (C=O) groups excluding carboxylic acids is 3. The molecule has 0 saturated carbocycles. The number of nitrogens with zero attached hydrogens (tertiary/aromatic N) is 2. The average Bonchev–Trinajstić information content (AvgIpc) is 3.36. The van der Waals surface area contributed by atoms with Gasteiger partial charge in [0.25, 0.3) is 0 Å². The molecular weight excluding hydrogens is 442 g/mol. The average molecular weight is 466 g/mol. The van der Waals surface area contributed by atoms with Gasteiger partial charge in [0.05, 0.1) is 25.1 Å². The SMILES string of the molecule is COc1ccc2c(c1)C=C[C@@H]1N2[C@@H](C(C)=O)[C@@H](C(=O)c2cccnc2)[C@@]12C(=O)Nc1ccccc12. The van der Waals surface area contributed by atoms with Crippen molar-refractivity contribution >= 4 is 34.9 Å². The maximum absolute atomic E-state index is 14.2. The number of aromatic nitrogens is 1. The summed E-state index contributed by atoms with van der Waals surface area (Å²) in [4.78, 5) is 47.6. The van der Waals surface area contributed by atoms with Crippen molar-refractivity contribution in [2.45, 2.75) is 24.4 Å². The van der Waals surface area contributed by atoms with Gasteiger partial charge >= 0.3 is 0 Å². The quantitative estimate of drug-likeness (QED) is 0.592. The minimum Gasteiger partial charge on any atom is -0.497 e. The van der Waals surface area contributed by atoms with Crippen molar-refractivity contribution in [2.75, 3.05) is 17.3 Å². The van der Waals surface area contributed by atoms with Gasteiger partial charge in [0.1, 0.15) is 11.2 Å². The molecule has 1 aromatic heterocycles. The number of amides is 1. The number of methoxy groups -OCH3 is 1. The molecule has 1 fully saturated rings. The van der Waals surface area contributed by atoms with E-state index in [1.54, 1.807) is 25.4 Å². The lowest BCUT2D eigenvalue weighted by atomic mass is 9.64. The highest BCUT2D eigenvalue weighted by Gasteiger charge is 2.69. The van der Waals surface area contributed by atoms with Crippen LogP contribution < -0.4 is 15.0 Å². The van der Waals surface area contributed by atoms with Gasteiger partial charge in [0.15, 0.2) is 11.6 Å². The summed E-state index contributed by atoms with van der Waals surface area (Å²) in [6, 6.07) is 15.0. The third-order valence-electron chi connectivity index (χ3n) is 7.48. The smallest absolute Gasteiger partial charge is 0.238 e. The summed E-state index contributed by atoms with van der Waals surface area (Å²) in [6.45, 7) is 1.49. The Morgan fingerprint density at radius 2 is 1.94 bits per heavy atom. The third-order valence-corrected chi connectivity index (χ3v) is 7.48. The normalized spacial score (nSPS) is 25.6. The molecule has 4 atom stereocenters. The van der Waals surface area contributed by atoms with E-state index in [4.69, 9.17) is 4.74 Å². The fourth-order valence-corrected chi connectivity index (χ4v) is 6.13. The van der Waals surface area contributed by atoms with Gasteiger partial charge in [-0.25, -0.2) is 0 Å². The van der Waals surface area contributed by atoms with Crippen molar-refractivity contribution in [1.29, 1.82) is 0 Å². The first-order valence-corrected chi connectivity index (χ1v) is 11.5. The van der Waals surface area contributed by atoms with Crippen molar-refractivity contribution in [3.63, 3.8) is 0 Å². The Labute approximate surface area is 202 Å². The number of fused-ring (bicyclic) bond motifs is 6. The highest BCUT2D eigenvalue weighted by Crippen LogP contribution is 2.57. The first-order chi connectivity index (χ1) is 17.0. The predicted molar refractivity (Wildman–Crippen MR) is 132 cm³/mol. The van der Waals surface area contributed by atoms with Crippen LogP contribution >= 0.6 is 0 Å². The number of hydrogen-bond acceptors (Lipinski definition) is 6. The van der Waals surface area contributed by atoms with Crippen LogP contribution in [0.1, 0.15) is 28.4 Å². The molecule has 0 bridgehead atoms. The lowest BCUT2D eigenvalue weighted by molar-refractivity contribution is -0.122. The Morgan fingerprint density at radius 3 is 2.69 bits per heavy atom. The summed E-state index contributed by atoms with van der Waals surface area (Å²) in [5.74, 6) is -0.990. The van der Waals surface area contributed by atoms with E-state index < -0.39 is 23.4 Å². The van der Waals surface area contributed by atoms with Gasteiger partial charge in [0.2, 0.25) is 5.91 Å². The van der Waals surface area contributed by atoms with Crippen LogP contribution in [0.3, 0.4) is 0 Å². The van der Waals surface area contributed by atoms with E-state index in [-0.39, 0.29) is 17.5 Å². The number of pyridine rings is 1. The first kappa shape index (κ1) is 21.3. The molecular formula is C28H23N3O4. The van der Waals surface area contributed by atoms with Gasteiger partial charge < -0.3 is 15.0 Å². The molecule has 3 aromatic rings. The number of anilines is 2. The van der Waals surface area contributed by atoms with Gasteiger partial charge in [-0.1, -0.05) is 30.4 Å². The summed E-state index contributed by atoms with van der Waals surface area (Å²) in [6.07, 6.45) is 6.98. The molecule has 0 unspecified atom stereocenters. The number of Topliss-reactive ketones (excluding diaryl/α,β-unsaturated/α-hetero) is 2. The molecule has 7 nitrogen and oxygen atoms in total. The molecule has 1 saturated heterocycles. The Hall–Kier alpha value is -4.26. The van der Waals surface area contributed by atoms with Crippen LogP contribution in [0.25, 0.3) is 6.08 Å². The summed E-state index contributed by atoms with van der Waals surface area (Å²) in [7, 11) is 1.60. The van der Waals surface area contributed by atoms with E-state index in [1.807, 2.05) is 59.5 Å². The van der Waals surface area contributed by atoms with E-state index in [2.05, 4.69) is 10.3 Å². The Bertz CT molecular complexity index is 1420. The van der Waals surface area contributed by atoms with E-state index in [0.29, 0.717) is 17.0 Å². The Balaban J connectivity index is 1.65. The second-order valence-corrected chi connectivity index (χ2v) is 9.14. The first-order valence-electron chi connectivity index (χ1n) is 11.5. The van der Waals surface area contributed by atoms with Gasteiger partial charge in [-0.15, -0.1) is 0 Å². The highest BCUT2D eigenvalue weighted by atomic mass is 16.5. The molecule has 174 valence electrons. The minimum atomic E-state index is -1.28. The Morgan fingerprint density at radius 1 is 1.11 bits per heavy atom. The topological polar surface area (TPSA) is 88.6 Å². The summed E-state index contributed by atoms with van der Waals surface area (Å²) < 4.78 is 5.40. The lowest BCUT2D eigenvalue weighted by Crippen LogP contribution is -2.51. The molecule has 1 N–H and O–H groups in total. The lowest BCUT2D eigenvalue weighted by Gasteiger charge is -2.37. The molecule has 4 heterocycles. The van der Waals surface area contributed by atoms with Crippen LogP contribution in [-0.4, -0.2) is 41.7 Å². The number of carbonyl (C=O) groups is 3. The van der Waals surface area contributed by atoms with E-state index >= 15 is 0 Å². The van der Waals surface area contributed by atoms with Crippen molar-refractivity contribution in [1.82, 2.24) is 4.98 Å². The number of nitrogens with one attached hydrogen (secondary N) is 1. The van der Waals surface area contributed by atoms with Crippen LogP contribution in [0.15, 0.2) is 73.1 Å². The largest absolute Gasteiger partial charge is 0.497 e. The van der Waals surface area contributed by atoms with Gasteiger partial charge in [-0.05, 0) is 48.9 Å². The summed E-state index contributed by atoms with van der Waals surface area (Å²) in [5, 5.41) is 3.00. The van der Waals surface area contributed by atoms with E-state index in [1.165, 1.54) is 13.1 Å². The van der Waals surface area contributed by atoms with Crippen LogP contribution in [0.4, 0.5) is 11.4 Å². The zero-order chi connectivity index (χ0) is 24.3. The Kier molecular flexibility index (Phi) is 4.64. The van der Waals surface area contributed by atoms with Crippen molar-refractivity contribution in [3.8, 4) is 5.75 Å². The molecule has 6 rings (SSSR count). The van der Waals surface area contributed by atoms with Crippen molar-refractivity contribution < 1.29 is 19.1 Å². The highest BCUT2D eigenvalue weighted by molar-refractivity contribution is 6.16. The maximum Gasteiger partial charge on any atom is 0.238 e. The van der Waals surface area contributed by atoms with Gasteiger partial charge in [-0.3, -0.25) is 19.4 Å². The zero-order valence-electron chi connectivity index (χ0n) is 19.3. The molecule has 3 aliphatic heterocycles. The molecule has 0 aliphatic carbocycles. The fraction of sp³-hybridized carbons (Fsp3) is 0.214. The molecule has 1 spiro atoms. The number of benzene rings is 2. The van der Waals surface area contributed by atoms with Crippen molar-refractivity contribution in [3.05, 3.63) is 89.8 Å². The van der Waals surface area contributed by atoms with Gasteiger partial charge in [0, 0.05) is 34.9 Å². The van der Waals surface area contributed by atoms with Crippen LogP contribution in [-0.2, 0) is 15.0 Å². The van der Waals surface area contributed by atoms with E-state index in [9.17, 15) is 14.4 Å². The minimum absolute atomic E-state index is 0.177. The number of ether oxygens (including phenoxy) is 1. The predicted octanol–water partition coefficient (Wildman–Crippen LogP) is 3.65. The number of para-hydroxylation sites is 1. The monoisotopic (exact) mass is 465 g/mol. The molecule has 2 aromatic carbocycles. The zero-order valence-corrected chi connectivity index (χ0v) is 19.3. The molecule has 35 heavy (non-hydrogen) atoms. The third kappa shape index (κ3) is 2.78. The van der Waals surface area contributed by atoms with Gasteiger partial charge in [-0.2, -0.15) is 0 Å². The van der Waals surface area contributed by atoms with Crippen LogP contribution in [0.2, 0.25) is 0 Å². The maximum atomic E-state index is 14.2. The molecule has 3 aliphatic rings. The molecule has 7 heteroatoms. The summed E-state index contributed by atoms with van der Waals surface area (Å²) >= 11 is 0. The number of rotatable bonds is 4.